The number of amides is 2. The molecule has 1 fully saturated rings. The molecule has 110 valence electrons. The Morgan fingerprint density at radius 3 is 2.85 bits per heavy atom. The van der Waals surface area contributed by atoms with Gasteiger partial charge in [0, 0.05) is 43.3 Å². The van der Waals surface area contributed by atoms with E-state index in [4.69, 9.17) is 16.3 Å². The van der Waals surface area contributed by atoms with Gasteiger partial charge in [-0.25, -0.2) is 4.79 Å². The molecule has 0 unspecified atom stereocenters. The first kappa shape index (κ1) is 15.1. The molecule has 0 spiro atoms. The van der Waals surface area contributed by atoms with E-state index in [1.807, 2.05) is 13.0 Å². The van der Waals surface area contributed by atoms with Crippen LogP contribution in [0.15, 0.2) is 18.2 Å². The number of ether oxygens (including phenoxy) is 1. The summed E-state index contributed by atoms with van der Waals surface area (Å²) in [6.07, 6.45) is 1.06. The molecule has 1 heterocycles. The number of hydrogen-bond donors (Lipinski definition) is 3. The van der Waals surface area contributed by atoms with Crippen LogP contribution < -0.4 is 10.6 Å². The monoisotopic (exact) mass is 298 g/mol. The molecule has 0 radical (unpaired) electrons. The lowest BCUT2D eigenvalue weighted by Gasteiger charge is -2.32. The zero-order valence-electron chi connectivity index (χ0n) is 11.4. The third-order valence-electron chi connectivity index (χ3n) is 3.45. The number of aryl methyl sites for hydroxylation is 1. The van der Waals surface area contributed by atoms with Gasteiger partial charge in [0.1, 0.15) is 0 Å². The van der Waals surface area contributed by atoms with Crippen molar-refractivity contribution in [3.05, 3.63) is 28.8 Å². The zero-order chi connectivity index (χ0) is 14.6. The number of nitrogens with one attached hydrogen (secondary N) is 2. The number of hydrogen-bond acceptors (Lipinski definition) is 3. The highest BCUT2D eigenvalue weighted by Gasteiger charge is 2.30. The molecule has 1 aliphatic heterocycles. The van der Waals surface area contributed by atoms with Gasteiger partial charge < -0.3 is 20.5 Å². The van der Waals surface area contributed by atoms with Gasteiger partial charge in [0.05, 0.1) is 5.60 Å². The van der Waals surface area contributed by atoms with E-state index >= 15 is 0 Å². The average Bonchev–Trinajstić information content (AvgIpc) is 2.42. The van der Waals surface area contributed by atoms with E-state index in [0.29, 0.717) is 36.8 Å². The minimum absolute atomic E-state index is 0.210. The van der Waals surface area contributed by atoms with E-state index in [-0.39, 0.29) is 12.6 Å². The van der Waals surface area contributed by atoms with Crippen LogP contribution in [0, 0.1) is 6.92 Å². The minimum Gasteiger partial charge on any atom is -0.388 e. The van der Waals surface area contributed by atoms with E-state index in [1.165, 1.54) is 0 Å². The first-order valence-electron chi connectivity index (χ1n) is 6.60. The summed E-state index contributed by atoms with van der Waals surface area (Å²) in [5, 5.41) is 16.2. The summed E-state index contributed by atoms with van der Waals surface area (Å²) in [6.45, 7) is 3.14. The van der Waals surface area contributed by atoms with Gasteiger partial charge in [-0.2, -0.15) is 0 Å². The normalized spacial score (nSPS) is 17.6. The first-order chi connectivity index (χ1) is 9.48. The van der Waals surface area contributed by atoms with Gasteiger partial charge in [-0.3, -0.25) is 0 Å². The maximum absolute atomic E-state index is 11.9. The Labute approximate surface area is 123 Å². The molecule has 1 aliphatic rings. The van der Waals surface area contributed by atoms with Crippen LogP contribution >= 0.6 is 11.6 Å². The molecule has 2 rings (SSSR count). The predicted octanol–water partition coefficient (Wildman–Crippen LogP) is 2.31. The largest absolute Gasteiger partial charge is 0.388 e. The Morgan fingerprint density at radius 2 is 2.15 bits per heavy atom. The maximum atomic E-state index is 11.9. The van der Waals surface area contributed by atoms with Gasteiger partial charge in [0.25, 0.3) is 0 Å². The summed E-state index contributed by atoms with van der Waals surface area (Å²) in [4.78, 5) is 11.9. The molecule has 0 aliphatic carbocycles. The molecule has 0 saturated carbocycles. The predicted molar refractivity (Wildman–Crippen MR) is 78.2 cm³/mol. The van der Waals surface area contributed by atoms with Crippen LogP contribution in [0.1, 0.15) is 18.4 Å². The van der Waals surface area contributed by atoms with Crippen molar-refractivity contribution in [2.75, 3.05) is 25.1 Å². The third kappa shape index (κ3) is 4.10. The molecule has 1 aromatic carbocycles. The first-order valence-corrected chi connectivity index (χ1v) is 6.97. The number of carbonyl (C=O) groups is 1. The Bertz CT molecular complexity index is 487. The molecule has 5 nitrogen and oxygen atoms in total. The fourth-order valence-corrected chi connectivity index (χ4v) is 2.24. The van der Waals surface area contributed by atoms with Gasteiger partial charge in [0.2, 0.25) is 0 Å². The summed E-state index contributed by atoms with van der Waals surface area (Å²) in [5.41, 5.74) is 0.710. The van der Waals surface area contributed by atoms with Crippen molar-refractivity contribution >= 4 is 23.3 Å². The van der Waals surface area contributed by atoms with Crippen LogP contribution in [-0.2, 0) is 4.74 Å². The van der Waals surface area contributed by atoms with Crippen molar-refractivity contribution < 1.29 is 14.6 Å². The SMILES string of the molecule is Cc1ccc(Cl)cc1NC(=O)NCC1(O)CCOCC1. The van der Waals surface area contributed by atoms with Crippen molar-refractivity contribution in [2.24, 2.45) is 0 Å². The van der Waals surface area contributed by atoms with Crippen LogP contribution in [0.25, 0.3) is 0 Å². The quantitative estimate of drug-likeness (QED) is 0.802. The molecule has 3 N–H and O–H groups in total. The number of aliphatic hydroxyl groups is 1. The summed E-state index contributed by atoms with van der Waals surface area (Å²) in [6, 6.07) is 4.95. The number of halogens is 1. The summed E-state index contributed by atoms with van der Waals surface area (Å²) in [7, 11) is 0. The van der Waals surface area contributed by atoms with Gasteiger partial charge in [-0.15, -0.1) is 0 Å². The molecule has 6 heteroatoms. The number of anilines is 1. The van der Waals surface area contributed by atoms with Crippen molar-refractivity contribution in [1.29, 1.82) is 0 Å². The number of urea groups is 1. The van der Waals surface area contributed by atoms with Crippen molar-refractivity contribution in [2.45, 2.75) is 25.4 Å². The van der Waals surface area contributed by atoms with Crippen molar-refractivity contribution in [3.63, 3.8) is 0 Å². The molecule has 0 bridgehead atoms. The fourth-order valence-electron chi connectivity index (χ4n) is 2.07. The fraction of sp³-hybridized carbons (Fsp3) is 0.500. The number of carbonyl (C=O) groups excluding carboxylic acids is 1. The summed E-state index contributed by atoms with van der Waals surface area (Å²) < 4.78 is 5.19. The maximum Gasteiger partial charge on any atom is 0.319 e. The lowest BCUT2D eigenvalue weighted by Crippen LogP contribution is -2.47. The van der Waals surface area contributed by atoms with E-state index < -0.39 is 5.60 Å². The van der Waals surface area contributed by atoms with E-state index in [0.717, 1.165) is 5.56 Å². The minimum atomic E-state index is -0.876. The smallest absolute Gasteiger partial charge is 0.319 e. The summed E-state index contributed by atoms with van der Waals surface area (Å²) in [5.74, 6) is 0. The second-order valence-corrected chi connectivity index (χ2v) is 5.54. The molecular formula is C14H19ClN2O3. The van der Waals surface area contributed by atoms with Crippen LogP contribution in [0.4, 0.5) is 10.5 Å². The second kappa shape index (κ2) is 6.43. The molecule has 20 heavy (non-hydrogen) atoms. The van der Waals surface area contributed by atoms with Crippen LogP contribution in [0.2, 0.25) is 5.02 Å². The lowest BCUT2D eigenvalue weighted by molar-refractivity contribution is -0.0598. The highest BCUT2D eigenvalue weighted by Crippen LogP contribution is 2.21. The second-order valence-electron chi connectivity index (χ2n) is 5.10. The Hall–Kier alpha value is -1.30. The van der Waals surface area contributed by atoms with Gasteiger partial charge in [0.15, 0.2) is 0 Å². The zero-order valence-corrected chi connectivity index (χ0v) is 12.2. The topological polar surface area (TPSA) is 70.6 Å². The third-order valence-corrected chi connectivity index (χ3v) is 3.68. The standard InChI is InChI=1S/C14H19ClN2O3/c1-10-2-3-11(15)8-12(10)17-13(18)16-9-14(19)4-6-20-7-5-14/h2-3,8,19H,4-7,9H2,1H3,(H2,16,17,18). The van der Waals surface area contributed by atoms with Crippen LogP contribution in [0.5, 0.6) is 0 Å². The molecule has 0 atom stereocenters. The number of rotatable bonds is 3. The molecular weight excluding hydrogens is 280 g/mol. The highest BCUT2D eigenvalue weighted by atomic mass is 35.5. The van der Waals surface area contributed by atoms with Gasteiger partial charge in [-0.1, -0.05) is 17.7 Å². The van der Waals surface area contributed by atoms with E-state index in [9.17, 15) is 9.90 Å². The van der Waals surface area contributed by atoms with Gasteiger partial charge in [-0.05, 0) is 24.6 Å². The Kier molecular flexibility index (Phi) is 4.86. The Balaban J connectivity index is 1.87. The highest BCUT2D eigenvalue weighted by molar-refractivity contribution is 6.31. The van der Waals surface area contributed by atoms with Crippen molar-refractivity contribution in [3.8, 4) is 0 Å². The van der Waals surface area contributed by atoms with E-state index in [2.05, 4.69) is 10.6 Å². The molecule has 1 saturated heterocycles. The lowest BCUT2D eigenvalue weighted by atomic mass is 9.94. The van der Waals surface area contributed by atoms with Gasteiger partial charge >= 0.3 is 6.03 Å². The molecule has 1 aromatic rings. The molecule has 0 aromatic heterocycles. The molecule has 2 amide bonds. The summed E-state index contributed by atoms with van der Waals surface area (Å²) >= 11 is 5.90. The average molecular weight is 299 g/mol. The van der Waals surface area contributed by atoms with E-state index in [1.54, 1.807) is 12.1 Å². The Morgan fingerprint density at radius 1 is 1.45 bits per heavy atom. The van der Waals surface area contributed by atoms with Crippen LogP contribution in [0.3, 0.4) is 0 Å². The number of benzene rings is 1. The van der Waals surface area contributed by atoms with Crippen molar-refractivity contribution in [1.82, 2.24) is 5.32 Å². The van der Waals surface area contributed by atoms with Crippen LogP contribution in [-0.4, -0.2) is 36.5 Å².